The minimum Gasteiger partial charge on any atom is -0.361 e. The van der Waals surface area contributed by atoms with Gasteiger partial charge in [0.25, 0.3) is 5.91 Å². The van der Waals surface area contributed by atoms with Crippen molar-refractivity contribution in [3.8, 4) is 11.1 Å². The second-order valence-electron chi connectivity index (χ2n) is 7.46. The van der Waals surface area contributed by atoms with E-state index in [1.165, 1.54) is 0 Å². The van der Waals surface area contributed by atoms with Crippen molar-refractivity contribution in [1.82, 2.24) is 10.2 Å². The van der Waals surface area contributed by atoms with E-state index < -0.39 is 5.60 Å². The number of likely N-dealkylation sites (N-methyl/N-ethyl adjacent to an activating group) is 1. The highest BCUT2D eigenvalue weighted by atomic mass is 32.1. The fourth-order valence-electron chi connectivity index (χ4n) is 3.67. The molecule has 1 saturated heterocycles. The van der Waals surface area contributed by atoms with Crippen LogP contribution in [0.15, 0.2) is 41.1 Å². The molecule has 1 fully saturated rings. The maximum absolute atomic E-state index is 13.1. The second kappa shape index (κ2) is 8.88. The minimum absolute atomic E-state index is 0.0584. The van der Waals surface area contributed by atoms with Crippen molar-refractivity contribution in [3.63, 3.8) is 0 Å². The van der Waals surface area contributed by atoms with Gasteiger partial charge in [0, 0.05) is 25.4 Å². The number of hydrogen-bond acceptors (Lipinski definition) is 4. The molecule has 28 heavy (non-hydrogen) atoms. The monoisotopic (exact) mass is 400 g/mol. The van der Waals surface area contributed by atoms with Gasteiger partial charge < -0.3 is 15.0 Å². The Bertz CT molecular complexity index is 819. The van der Waals surface area contributed by atoms with Crippen molar-refractivity contribution in [2.45, 2.75) is 32.8 Å². The van der Waals surface area contributed by atoms with Crippen LogP contribution in [0.5, 0.6) is 0 Å². The molecule has 0 radical (unpaired) electrons. The summed E-state index contributed by atoms with van der Waals surface area (Å²) in [7, 11) is 0. The molecule has 0 bridgehead atoms. The molecule has 0 saturated carbocycles. The van der Waals surface area contributed by atoms with Crippen LogP contribution in [0.2, 0.25) is 0 Å². The van der Waals surface area contributed by atoms with Crippen LogP contribution in [0.25, 0.3) is 11.1 Å². The molecular formula is C22H28N2O3S. The van der Waals surface area contributed by atoms with Gasteiger partial charge in [-0.2, -0.15) is 11.3 Å². The number of amides is 2. The van der Waals surface area contributed by atoms with Crippen LogP contribution in [0.1, 0.15) is 26.3 Å². The number of nitrogens with one attached hydrogen (secondary N) is 1. The average molecular weight is 401 g/mol. The molecule has 2 aromatic rings. The second-order valence-corrected chi connectivity index (χ2v) is 8.24. The molecule has 0 unspecified atom stereocenters. The van der Waals surface area contributed by atoms with Gasteiger partial charge in [0.2, 0.25) is 5.91 Å². The lowest BCUT2D eigenvalue weighted by atomic mass is 9.87. The Balaban J connectivity index is 1.96. The minimum atomic E-state index is -1.08. The molecule has 5 nitrogen and oxygen atoms in total. The number of benzene rings is 1. The highest BCUT2D eigenvalue weighted by molar-refractivity contribution is 7.08. The number of hydrogen-bond donors (Lipinski definition) is 1. The summed E-state index contributed by atoms with van der Waals surface area (Å²) < 4.78 is 6.11. The normalized spacial score (nSPS) is 19.6. The molecule has 1 N–H and O–H groups in total. The molecule has 2 heterocycles. The lowest BCUT2D eigenvalue weighted by molar-refractivity contribution is -0.167. The quantitative estimate of drug-likeness (QED) is 0.809. The third-order valence-corrected chi connectivity index (χ3v) is 5.75. The number of rotatable bonds is 6. The van der Waals surface area contributed by atoms with Gasteiger partial charge in [-0.05, 0) is 40.4 Å². The summed E-state index contributed by atoms with van der Waals surface area (Å²) in [6.07, 6.45) is 0.423. The van der Waals surface area contributed by atoms with E-state index in [2.05, 4.69) is 22.8 Å². The third kappa shape index (κ3) is 4.28. The number of carbonyl (C=O) groups is 2. The van der Waals surface area contributed by atoms with Crippen molar-refractivity contribution < 1.29 is 14.3 Å². The van der Waals surface area contributed by atoms with E-state index in [-0.39, 0.29) is 24.3 Å². The van der Waals surface area contributed by atoms with Crippen LogP contribution in [0.3, 0.4) is 0 Å². The summed E-state index contributed by atoms with van der Waals surface area (Å²) in [5.41, 5.74) is 2.21. The van der Waals surface area contributed by atoms with Gasteiger partial charge in [0.15, 0.2) is 5.60 Å². The molecular weight excluding hydrogens is 372 g/mol. The number of thiophene rings is 1. The first-order chi connectivity index (χ1) is 13.5. The van der Waals surface area contributed by atoms with E-state index >= 15 is 0 Å². The maximum atomic E-state index is 13.1. The Labute approximate surface area is 170 Å². The fraction of sp³-hybridized carbons (Fsp3) is 0.455. The average Bonchev–Trinajstić information content (AvgIpc) is 3.22. The standard InChI is InChI=1S/C22H28N2O3S/c1-4-23-21(26)22(15-24(10-11-27-22)20(25)16(2)3)13-17-7-5-6-8-19(17)18-9-12-28-14-18/h5-9,12,14,16H,4,10-11,13,15H2,1-3H3,(H,23,26)/t22-/m1/s1. The van der Waals surface area contributed by atoms with E-state index in [9.17, 15) is 9.59 Å². The Morgan fingerprint density at radius 1 is 1.29 bits per heavy atom. The Morgan fingerprint density at radius 3 is 2.75 bits per heavy atom. The Kier molecular flexibility index (Phi) is 6.52. The van der Waals surface area contributed by atoms with Gasteiger partial charge in [-0.3, -0.25) is 9.59 Å². The Hall–Kier alpha value is -2.18. The fourth-order valence-corrected chi connectivity index (χ4v) is 4.32. The first kappa shape index (κ1) is 20.6. The van der Waals surface area contributed by atoms with E-state index in [4.69, 9.17) is 4.74 Å². The summed E-state index contributed by atoms with van der Waals surface area (Å²) in [5, 5.41) is 7.07. The Morgan fingerprint density at radius 2 is 2.07 bits per heavy atom. The number of morpholine rings is 1. The molecule has 2 amide bonds. The first-order valence-electron chi connectivity index (χ1n) is 9.78. The van der Waals surface area contributed by atoms with E-state index in [1.54, 1.807) is 16.2 Å². The zero-order valence-corrected chi connectivity index (χ0v) is 17.6. The van der Waals surface area contributed by atoms with Gasteiger partial charge in [0.1, 0.15) is 0 Å². The van der Waals surface area contributed by atoms with Gasteiger partial charge >= 0.3 is 0 Å². The maximum Gasteiger partial charge on any atom is 0.254 e. The van der Waals surface area contributed by atoms with Crippen molar-refractivity contribution in [1.29, 1.82) is 0 Å². The van der Waals surface area contributed by atoms with Gasteiger partial charge in [-0.15, -0.1) is 0 Å². The van der Waals surface area contributed by atoms with Crippen LogP contribution < -0.4 is 5.32 Å². The zero-order chi connectivity index (χ0) is 20.1. The number of carbonyl (C=O) groups excluding carboxylic acids is 2. The topological polar surface area (TPSA) is 58.6 Å². The molecule has 1 atom stereocenters. The van der Waals surface area contributed by atoms with E-state index in [0.717, 1.165) is 16.7 Å². The summed E-state index contributed by atoms with van der Waals surface area (Å²) in [6, 6.07) is 10.2. The van der Waals surface area contributed by atoms with Crippen LogP contribution in [0.4, 0.5) is 0 Å². The molecule has 1 aliphatic heterocycles. The molecule has 1 aromatic heterocycles. The predicted molar refractivity (Wildman–Crippen MR) is 112 cm³/mol. The SMILES string of the molecule is CCNC(=O)[C@@]1(Cc2ccccc2-c2ccsc2)CN(C(=O)C(C)C)CCO1. The highest BCUT2D eigenvalue weighted by Gasteiger charge is 2.45. The third-order valence-electron chi connectivity index (χ3n) is 5.07. The van der Waals surface area contributed by atoms with Crippen molar-refractivity contribution in [2.24, 2.45) is 5.92 Å². The van der Waals surface area contributed by atoms with Gasteiger partial charge in [-0.25, -0.2) is 0 Å². The van der Waals surface area contributed by atoms with E-state index in [1.807, 2.05) is 44.4 Å². The van der Waals surface area contributed by atoms with Crippen LogP contribution >= 0.6 is 11.3 Å². The predicted octanol–water partition coefficient (Wildman–Crippen LogP) is 3.35. The van der Waals surface area contributed by atoms with Gasteiger partial charge in [-0.1, -0.05) is 38.1 Å². The van der Waals surface area contributed by atoms with Crippen LogP contribution in [-0.4, -0.2) is 48.6 Å². The molecule has 1 aromatic carbocycles. The summed E-state index contributed by atoms with van der Waals surface area (Å²) in [4.78, 5) is 27.5. The first-order valence-corrected chi connectivity index (χ1v) is 10.7. The molecule has 0 spiro atoms. The largest absolute Gasteiger partial charge is 0.361 e. The zero-order valence-electron chi connectivity index (χ0n) is 16.7. The number of nitrogens with zero attached hydrogens (tertiary/aromatic N) is 1. The molecule has 1 aliphatic rings. The van der Waals surface area contributed by atoms with Crippen LogP contribution in [0, 0.1) is 5.92 Å². The molecule has 0 aliphatic carbocycles. The smallest absolute Gasteiger partial charge is 0.254 e. The summed E-state index contributed by atoms with van der Waals surface area (Å²) in [5.74, 6) is -0.206. The van der Waals surface area contributed by atoms with Crippen molar-refractivity contribution in [2.75, 3.05) is 26.2 Å². The molecule has 150 valence electrons. The van der Waals surface area contributed by atoms with Crippen LogP contribution in [-0.2, 0) is 20.7 Å². The lowest BCUT2D eigenvalue weighted by Gasteiger charge is -2.42. The lowest BCUT2D eigenvalue weighted by Crippen LogP contribution is -2.62. The van der Waals surface area contributed by atoms with E-state index in [0.29, 0.717) is 26.1 Å². The highest BCUT2D eigenvalue weighted by Crippen LogP contribution is 2.31. The van der Waals surface area contributed by atoms with Crippen molar-refractivity contribution >= 4 is 23.2 Å². The van der Waals surface area contributed by atoms with Crippen molar-refractivity contribution in [3.05, 3.63) is 46.7 Å². The summed E-state index contributed by atoms with van der Waals surface area (Å²) >= 11 is 1.65. The molecule has 6 heteroatoms. The number of ether oxygens (including phenoxy) is 1. The summed E-state index contributed by atoms with van der Waals surface area (Å²) in [6.45, 7) is 7.34. The van der Waals surface area contributed by atoms with Gasteiger partial charge in [0.05, 0.1) is 13.2 Å². The molecule has 3 rings (SSSR count).